The van der Waals surface area contributed by atoms with E-state index in [0.29, 0.717) is 23.5 Å². The van der Waals surface area contributed by atoms with Crippen molar-refractivity contribution in [2.24, 2.45) is 0 Å². The van der Waals surface area contributed by atoms with Crippen LogP contribution in [0.5, 0.6) is 11.5 Å². The Morgan fingerprint density at radius 3 is 1.91 bits per heavy atom. The molecule has 1 atom stereocenters. The maximum atomic E-state index is 14.9. The lowest BCUT2D eigenvalue weighted by Crippen LogP contribution is -1.98. The summed E-state index contributed by atoms with van der Waals surface area (Å²) in [6.07, 6.45) is -0.0217. The molecule has 1 saturated heterocycles. The first-order valence-corrected chi connectivity index (χ1v) is 10.8. The molecule has 4 aromatic carbocycles. The monoisotopic (exact) mass is 462 g/mol. The largest absolute Gasteiger partial charge is 0.497 e. The highest BCUT2D eigenvalue weighted by molar-refractivity contribution is 5.72. The molecular weight excluding hydrogens is 441 g/mol. The molecule has 4 aromatic rings. The van der Waals surface area contributed by atoms with Gasteiger partial charge >= 0.3 is 0 Å². The maximum absolute atomic E-state index is 14.9. The van der Waals surface area contributed by atoms with Gasteiger partial charge in [-0.05, 0) is 46.5 Å². The van der Waals surface area contributed by atoms with Gasteiger partial charge in [0.1, 0.15) is 18.5 Å². The maximum Gasteiger partial charge on any atom is 0.167 e. The zero-order chi connectivity index (χ0) is 23.7. The van der Waals surface area contributed by atoms with E-state index in [1.54, 1.807) is 79.9 Å². The Labute approximate surface area is 195 Å². The summed E-state index contributed by atoms with van der Waals surface area (Å²) < 4.78 is 59.9. The summed E-state index contributed by atoms with van der Waals surface area (Å²) >= 11 is 0. The summed E-state index contributed by atoms with van der Waals surface area (Å²) in [5, 5.41) is 0. The van der Waals surface area contributed by atoms with Gasteiger partial charge in [-0.1, -0.05) is 54.6 Å². The van der Waals surface area contributed by atoms with Gasteiger partial charge in [0.2, 0.25) is 0 Å². The van der Waals surface area contributed by atoms with E-state index in [9.17, 15) is 13.2 Å². The fraction of sp³-hybridized carbons (Fsp3) is 0.143. The third-order valence-electron chi connectivity index (χ3n) is 5.80. The normalized spacial score (nSPS) is 14.6. The van der Waals surface area contributed by atoms with Crippen molar-refractivity contribution in [3.63, 3.8) is 0 Å². The Balaban J connectivity index is 1.30. The molecule has 1 heterocycles. The van der Waals surface area contributed by atoms with E-state index in [0.717, 1.165) is 11.1 Å². The van der Waals surface area contributed by atoms with E-state index in [-0.39, 0.29) is 29.6 Å². The van der Waals surface area contributed by atoms with Crippen molar-refractivity contribution in [1.82, 2.24) is 0 Å². The minimum atomic E-state index is -0.917. The van der Waals surface area contributed by atoms with Crippen LogP contribution in [-0.2, 0) is 11.3 Å². The van der Waals surface area contributed by atoms with Crippen LogP contribution in [0, 0.1) is 17.5 Å². The van der Waals surface area contributed by atoms with E-state index in [1.165, 1.54) is 6.07 Å². The second-order valence-electron chi connectivity index (χ2n) is 8.01. The van der Waals surface area contributed by atoms with Gasteiger partial charge in [-0.15, -0.1) is 0 Å². The van der Waals surface area contributed by atoms with Gasteiger partial charge in [-0.3, -0.25) is 0 Å². The first-order chi connectivity index (χ1) is 16.5. The number of hydrogen-bond donors (Lipinski definition) is 0. The fourth-order valence-electron chi connectivity index (χ4n) is 3.78. The van der Waals surface area contributed by atoms with Crippen LogP contribution in [0.15, 0.2) is 78.9 Å². The van der Waals surface area contributed by atoms with E-state index in [1.807, 2.05) is 0 Å². The minimum Gasteiger partial charge on any atom is -0.497 e. The topological polar surface area (TPSA) is 31.0 Å². The number of epoxide rings is 1. The molecule has 0 aromatic heterocycles. The molecule has 1 fully saturated rings. The molecule has 0 bridgehead atoms. The smallest absolute Gasteiger partial charge is 0.167 e. The summed E-state index contributed by atoms with van der Waals surface area (Å²) in [6, 6.07) is 21.5. The molecule has 0 spiro atoms. The molecule has 0 N–H and O–H groups in total. The van der Waals surface area contributed by atoms with Crippen molar-refractivity contribution >= 4 is 0 Å². The van der Waals surface area contributed by atoms with Crippen molar-refractivity contribution < 1.29 is 27.4 Å². The summed E-state index contributed by atoms with van der Waals surface area (Å²) in [4.78, 5) is 0. The molecule has 5 rings (SSSR count). The summed E-state index contributed by atoms with van der Waals surface area (Å²) in [7, 11) is 1.54. The van der Waals surface area contributed by atoms with Crippen molar-refractivity contribution in [1.29, 1.82) is 0 Å². The van der Waals surface area contributed by atoms with Crippen LogP contribution >= 0.6 is 0 Å². The molecule has 0 saturated carbocycles. The van der Waals surface area contributed by atoms with Gasteiger partial charge in [0.25, 0.3) is 0 Å². The highest BCUT2D eigenvalue weighted by Gasteiger charge is 2.25. The Hall–Kier alpha value is -3.77. The molecule has 172 valence electrons. The first-order valence-electron chi connectivity index (χ1n) is 10.8. The Kier molecular flexibility index (Phi) is 5.99. The van der Waals surface area contributed by atoms with Crippen LogP contribution in [0.3, 0.4) is 0 Å². The standard InChI is InChI=1S/C28H21F3O3/c1-32-21-9-6-19(7-10-21)23-12-11-22(27(30)28(23)31)18-4-2-17(3-5-18)15-33-25-13-8-20(14-24(25)29)26-16-34-26/h2-14,26H,15-16H2,1H3. The highest BCUT2D eigenvalue weighted by Crippen LogP contribution is 2.34. The fourth-order valence-corrected chi connectivity index (χ4v) is 3.78. The Bertz CT molecular complexity index is 1310. The molecule has 1 unspecified atom stereocenters. The molecule has 34 heavy (non-hydrogen) atoms. The van der Waals surface area contributed by atoms with Crippen molar-refractivity contribution in [2.45, 2.75) is 12.7 Å². The van der Waals surface area contributed by atoms with E-state index in [2.05, 4.69) is 0 Å². The van der Waals surface area contributed by atoms with Gasteiger partial charge < -0.3 is 14.2 Å². The van der Waals surface area contributed by atoms with Gasteiger partial charge in [0.15, 0.2) is 23.2 Å². The minimum absolute atomic E-state index is 0.0217. The van der Waals surface area contributed by atoms with Gasteiger partial charge in [0.05, 0.1) is 13.7 Å². The average Bonchev–Trinajstić information content (AvgIpc) is 3.71. The molecule has 1 aliphatic heterocycles. The number of ether oxygens (including phenoxy) is 3. The van der Waals surface area contributed by atoms with Crippen LogP contribution in [0.4, 0.5) is 13.2 Å². The second-order valence-corrected chi connectivity index (χ2v) is 8.01. The molecule has 1 aliphatic rings. The number of halogens is 3. The van der Waals surface area contributed by atoms with Crippen molar-refractivity contribution in [2.75, 3.05) is 13.7 Å². The molecule has 0 amide bonds. The lowest BCUT2D eigenvalue weighted by Gasteiger charge is -2.11. The predicted molar refractivity (Wildman–Crippen MR) is 123 cm³/mol. The van der Waals surface area contributed by atoms with Crippen LogP contribution in [0.1, 0.15) is 17.2 Å². The lowest BCUT2D eigenvalue weighted by molar-refractivity contribution is 0.290. The third kappa shape index (κ3) is 4.50. The summed E-state index contributed by atoms with van der Waals surface area (Å²) in [5.74, 6) is -1.49. The summed E-state index contributed by atoms with van der Waals surface area (Å²) in [5.41, 5.74) is 2.99. The third-order valence-corrected chi connectivity index (χ3v) is 5.80. The van der Waals surface area contributed by atoms with E-state index >= 15 is 0 Å². The number of methoxy groups -OCH3 is 1. The Morgan fingerprint density at radius 2 is 1.38 bits per heavy atom. The zero-order valence-electron chi connectivity index (χ0n) is 18.4. The predicted octanol–water partition coefficient (Wildman–Crippen LogP) is 7.10. The number of rotatable bonds is 7. The van der Waals surface area contributed by atoms with Crippen LogP contribution < -0.4 is 9.47 Å². The van der Waals surface area contributed by atoms with E-state index in [4.69, 9.17) is 14.2 Å². The zero-order valence-corrected chi connectivity index (χ0v) is 18.4. The van der Waals surface area contributed by atoms with Crippen molar-refractivity contribution in [3.8, 4) is 33.8 Å². The van der Waals surface area contributed by atoms with Crippen LogP contribution in [0.25, 0.3) is 22.3 Å². The van der Waals surface area contributed by atoms with E-state index < -0.39 is 17.5 Å². The molecule has 3 nitrogen and oxygen atoms in total. The van der Waals surface area contributed by atoms with Gasteiger partial charge in [-0.2, -0.15) is 0 Å². The Morgan fingerprint density at radius 1 is 0.794 bits per heavy atom. The second kappa shape index (κ2) is 9.23. The van der Waals surface area contributed by atoms with Crippen molar-refractivity contribution in [3.05, 3.63) is 107 Å². The molecule has 6 heteroatoms. The quantitative estimate of drug-likeness (QED) is 0.275. The van der Waals surface area contributed by atoms with Gasteiger partial charge in [-0.25, -0.2) is 13.2 Å². The molecular formula is C28H21F3O3. The average molecular weight is 462 g/mol. The SMILES string of the molecule is COc1ccc(-c2ccc(-c3ccc(COc4ccc(C5CO5)cc4F)cc3)c(F)c2F)cc1. The summed E-state index contributed by atoms with van der Waals surface area (Å²) in [6.45, 7) is 0.754. The van der Waals surface area contributed by atoms with Gasteiger partial charge in [0, 0.05) is 11.1 Å². The molecule has 0 radical (unpaired) electrons. The highest BCUT2D eigenvalue weighted by atomic mass is 19.2. The first kappa shape index (κ1) is 22.0. The van der Waals surface area contributed by atoms with Crippen LogP contribution in [0.2, 0.25) is 0 Å². The number of benzene rings is 4. The van der Waals surface area contributed by atoms with Crippen LogP contribution in [-0.4, -0.2) is 13.7 Å². The number of hydrogen-bond acceptors (Lipinski definition) is 3. The molecule has 0 aliphatic carbocycles. The lowest BCUT2D eigenvalue weighted by atomic mass is 9.98.